The van der Waals surface area contributed by atoms with Crippen LogP contribution in [0.4, 0.5) is 4.39 Å². The molecule has 4 aromatic carbocycles. The number of benzene rings is 4. The number of halogens is 1. The van der Waals surface area contributed by atoms with Crippen LogP contribution in [0.2, 0.25) is 0 Å². The van der Waals surface area contributed by atoms with Crippen molar-refractivity contribution < 1.29 is 14.0 Å². The molecule has 50 heavy (non-hydrogen) atoms. The van der Waals surface area contributed by atoms with Crippen LogP contribution < -0.4 is 22.1 Å². The Labute approximate surface area is 292 Å². The fourth-order valence-electron chi connectivity index (χ4n) is 5.96. The van der Waals surface area contributed by atoms with Crippen LogP contribution in [0.3, 0.4) is 0 Å². The fraction of sp³-hybridized carbons (Fsp3) is 0.250. The summed E-state index contributed by atoms with van der Waals surface area (Å²) in [4.78, 5) is 37.7. The van der Waals surface area contributed by atoms with Gasteiger partial charge in [-0.1, -0.05) is 72.8 Å². The number of nitrogens with one attached hydrogen (secondary N) is 2. The number of pyridine rings is 1. The Morgan fingerprint density at radius 2 is 1.56 bits per heavy atom. The molecule has 9 nitrogen and oxygen atoms in total. The number of aromatic nitrogens is 1. The highest BCUT2D eigenvalue weighted by atomic mass is 19.1. The van der Waals surface area contributed by atoms with Crippen LogP contribution in [0.25, 0.3) is 10.8 Å². The Balaban J connectivity index is 1.25. The molecule has 0 unspecified atom stereocenters. The molecule has 5 aromatic rings. The van der Waals surface area contributed by atoms with E-state index in [1.807, 2.05) is 92.0 Å². The summed E-state index contributed by atoms with van der Waals surface area (Å²) in [6, 6.07) is 30.9. The number of nitrogens with two attached hydrogens (primary N) is 2. The van der Waals surface area contributed by atoms with Gasteiger partial charge in [0.2, 0.25) is 5.91 Å². The zero-order valence-corrected chi connectivity index (χ0v) is 28.3. The molecule has 10 heteroatoms. The quantitative estimate of drug-likeness (QED) is 0.0607. The minimum atomic E-state index is -0.796. The predicted molar refractivity (Wildman–Crippen MR) is 197 cm³/mol. The molecular weight excluding hydrogens is 629 g/mol. The number of rotatable bonds is 16. The number of carbonyl (C=O) groups excluding carboxylic acids is 2. The average molecular weight is 674 g/mol. The Hall–Kier alpha value is -5.61. The van der Waals surface area contributed by atoms with E-state index in [-0.39, 0.29) is 29.6 Å². The van der Waals surface area contributed by atoms with E-state index in [4.69, 9.17) is 11.5 Å². The summed E-state index contributed by atoms with van der Waals surface area (Å²) in [5.41, 5.74) is 15.6. The number of nitrogens with zero attached hydrogens (tertiary/aromatic N) is 3. The molecule has 1 heterocycles. The second-order valence-corrected chi connectivity index (χ2v) is 12.4. The molecule has 0 aliphatic heterocycles. The topological polar surface area (TPSA) is 139 Å². The van der Waals surface area contributed by atoms with E-state index in [1.54, 1.807) is 18.3 Å². The lowest BCUT2D eigenvalue weighted by molar-refractivity contribution is -0.123. The van der Waals surface area contributed by atoms with Crippen molar-refractivity contribution in [3.63, 3.8) is 0 Å². The normalized spacial score (nSPS) is 12.3. The molecule has 0 spiro atoms. The van der Waals surface area contributed by atoms with Crippen molar-refractivity contribution in [3.05, 3.63) is 149 Å². The van der Waals surface area contributed by atoms with E-state index in [0.717, 1.165) is 46.0 Å². The van der Waals surface area contributed by atoms with Crippen molar-refractivity contribution in [2.45, 2.75) is 51.4 Å². The zero-order valence-electron chi connectivity index (χ0n) is 28.3. The lowest BCUT2D eigenvalue weighted by Gasteiger charge is -2.23. The first-order valence-electron chi connectivity index (χ1n) is 16.8. The van der Waals surface area contributed by atoms with Gasteiger partial charge in [-0.05, 0) is 89.5 Å². The van der Waals surface area contributed by atoms with Gasteiger partial charge in [0.25, 0.3) is 5.91 Å². The fourth-order valence-corrected chi connectivity index (χ4v) is 5.96. The van der Waals surface area contributed by atoms with Crippen LogP contribution in [-0.2, 0) is 24.3 Å². The van der Waals surface area contributed by atoms with Gasteiger partial charge in [0.1, 0.15) is 11.9 Å². The van der Waals surface area contributed by atoms with Crippen LogP contribution in [0.15, 0.2) is 121 Å². The Kier molecular flexibility index (Phi) is 12.6. The van der Waals surface area contributed by atoms with E-state index >= 15 is 0 Å². The van der Waals surface area contributed by atoms with Gasteiger partial charge in [-0.3, -0.25) is 24.5 Å². The number of aliphatic imine (C=N–C) groups is 1. The molecule has 0 saturated heterocycles. The monoisotopic (exact) mass is 673 g/mol. The lowest BCUT2D eigenvalue weighted by Crippen LogP contribution is -2.47. The number of amides is 2. The van der Waals surface area contributed by atoms with Crippen molar-refractivity contribution in [3.8, 4) is 0 Å². The van der Waals surface area contributed by atoms with Gasteiger partial charge in [0.05, 0.1) is 6.04 Å². The molecule has 0 bridgehead atoms. The van der Waals surface area contributed by atoms with E-state index in [9.17, 15) is 14.0 Å². The highest BCUT2D eigenvalue weighted by Gasteiger charge is 2.23. The number of hydrogen-bond acceptors (Lipinski definition) is 5. The molecule has 0 saturated carbocycles. The Morgan fingerprint density at radius 3 is 2.30 bits per heavy atom. The molecule has 0 aliphatic rings. The summed E-state index contributed by atoms with van der Waals surface area (Å²) in [5, 5.41) is 8.20. The zero-order chi connectivity index (χ0) is 35.3. The third kappa shape index (κ3) is 10.4. The van der Waals surface area contributed by atoms with Gasteiger partial charge in [-0.25, -0.2) is 4.39 Å². The van der Waals surface area contributed by atoms with Crippen molar-refractivity contribution in [1.29, 1.82) is 0 Å². The second-order valence-electron chi connectivity index (χ2n) is 12.4. The van der Waals surface area contributed by atoms with Crippen LogP contribution >= 0.6 is 0 Å². The lowest BCUT2D eigenvalue weighted by atomic mass is 9.99. The molecule has 5 rings (SSSR count). The van der Waals surface area contributed by atoms with Crippen molar-refractivity contribution in [2.24, 2.45) is 16.5 Å². The van der Waals surface area contributed by atoms with Gasteiger partial charge in [0, 0.05) is 44.1 Å². The van der Waals surface area contributed by atoms with E-state index in [1.165, 1.54) is 12.1 Å². The van der Waals surface area contributed by atoms with Crippen molar-refractivity contribution in [1.82, 2.24) is 20.5 Å². The highest BCUT2D eigenvalue weighted by molar-refractivity contribution is 5.97. The standard InChI is InChI=1S/C40H44FN7O2/c1-28(35-11-4-9-32-8-2-3-10-36(32)35)46-39(50)37(12-6-23-45-40(42)43)47-38(49)33-17-13-30(14-18-33)26-48(27-31-7-5-22-44-25-31)24-21-29-15-19-34(41)20-16-29/h2-5,7-11,13-20,22,25,28,37H,6,12,21,23-24,26-27H2,1H3,(H,46,50)(H,47,49)(H4,42,43,45)/t28-,37-/m0/s1. The van der Waals surface area contributed by atoms with Crippen molar-refractivity contribution in [2.75, 3.05) is 13.1 Å². The van der Waals surface area contributed by atoms with E-state index in [0.29, 0.717) is 38.0 Å². The summed E-state index contributed by atoms with van der Waals surface area (Å²) in [6.07, 6.45) is 5.21. The van der Waals surface area contributed by atoms with Crippen molar-refractivity contribution >= 4 is 28.5 Å². The Bertz CT molecular complexity index is 1870. The first kappa shape index (κ1) is 35.7. The minimum Gasteiger partial charge on any atom is -0.370 e. The van der Waals surface area contributed by atoms with E-state index < -0.39 is 6.04 Å². The largest absolute Gasteiger partial charge is 0.370 e. The molecule has 0 fully saturated rings. The van der Waals surface area contributed by atoms with Gasteiger partial charge in [-0.15, -0.1) is 0 Å². The summed E-state index contributed by atoms with van der Waals surface area (Å²) in [5.74, 6) is -0.903. The van der Waals surface area contributed by atoms with Crippen LogP contribution in [0.5, 0.6) is 0 Å². The number of fused-ring (bicyclic) bond motifs is 1. The van der Waals surface area contributed by atoms with Crippen LogP contribution in [-0.4, -0.2) is 46.8 Å². The smallest absolute Gasteiger partial charge is 0.251 e. The molecule has 2 atom stereocenters. The molecule has 258 valence electrons. The number of hydrogen-bond donors (Lipinski definition) is 4. The van der Waals surface area contributed by atoms with Gasteiger partial charge in [-0.2, -0.15) is 0 Å². The summed E-state index contributed by atoms with van der Waals surface area (Å²) in [6.45, 7) is 4.35. The third-order valence-electron chi connectivity index (χ3n) is 8.60. The average Bonchev–Trinajstić information content (AvgIpc) is 3.12. The molecule has 1 aromatic heterocycles. The minimum absolute atomic E-state index is 0.0193. The SMILES string of the molecule is C[C@H](NC(=O)[C@H](CCCN=C(N)N)NC(=O)c1ccc(CN(CCc2ccc(F)cc2)Cc2cccnc2)cc1)c1cccc2ccccc12. The molecule has 0 radical (unpaired) electrons. The summed E-state index contributed by atoms with van der Waals surface area (Å²) >= 11 is 0. The van der Waals surface area contributed by atoms with Crippen LogP contribution in [0, 0.1) is 5.82 Å². The summed E-state index contributed by atoms with van der Waals surface area (Å²) in [7, 11) is 0. The maximum atomic E-state index is 13.6. The summed E-state index contributed by atoms with van der Waals surface area (Å²) < 4.78 is 13.4. The third-order valence-corrected chi connectivity index (χ3v) is 8.60. The first-order valence-corrected chi connectivity index (χ1v) is 16.8. The van der Waals surface area contributed by atoms with Gasteiger partial charge in [0.15, 0.2) is 5.96 Å². The highest BCUT2D eigenvalue weighted by Crippen LogP contribution is 2.24. The second kappa shape index (κ2) is 17.7. The van der Waals surface area contributed by atoms with Gasteiger partial charge >= 0.3 is 0 Å². The maximum absolute atomic E-state index is 13.6. The molecule has 2 amide bonds. The molecule has 0 aliphatic carbocycles. The molecule has 6 N–H and O–H groups in total. The van der Waals surface area contributed by atoms with E-state index in [2.05, 4.69) is 25.5 Å². The number of guanidine groups is 1. The Morgan fingerprint density at radius 1 is 0.840 bits per heavy atom. The number of carbonyl (C=O) groups is 2. The van der Waals surface area contributed by atoms with Crippen LogP contribution in [0.1, 0.15) is 58.4 Å². The molecular formula is C40H44FN7O2. The van der Waals surface area contributed by atoms with Gasteiger partial charge < -0.3 is 22.1 Å². The maximum Gasteiger partial charge on any atom is 0.251 e. The first-order chi connectivity index (χ1) is 24.2. The predicted octanol–water partition coefficient (Wildman–Crippen LogP) is 5.65.